The van der Waals surface area contributed by atoms with Gasteiger partial charge in [-0.15, -0.1) is 11.3 Å². The highest BCUT2D eigenvalue weighted by molar-refractivity contribution is 7.87. The highest BCUT2D eigenvalue weighted by Crippen LogP contribution is 2.29. The minimum absolute atomic E-state index is 0.351. The standard InChI is InChI=1S/C14H17NO3S2/c1-17-10-5-6-13(18-2)11(8-10)12(15)9-20(16)14-4-3-7-19-14/h3-8,12H,9,15H2,1-2H3. The maximum atomic E-state index is 12.2. The molecule has 4 nitrogen and oxygen atoms in total. The van der Waals surface area contributed by atoms with Gasteiger partial charge in [-0.05, 0) is 29.6 Å². The Balaban J connectivity index is 2.19. The zero-order chi connectivity index (χ0) is 14.5. The molecule has 0 fully saturated rings. The Hall–Kier alpha value is -1.37. The van der Waals surface area contributed by atoms with E-state index in [0.717, 1.165) is 9.77 Å². The van der Waals surface area contributed by atoms with Crippen LogP contribution in [0.25, 0.3) is 0 Å². The fraction of sp³-hybridized carbons (Fsp3) is 0.286. The summed E-state index contributed by atoms with van der Waals surface area (Å²) in [6.45, 7) is 0. The fourth-order valence-electron chi connectivity index (χ4n) is 1.86. The SMILES string of the molecule is COc1ccc(OC)c(C(N)CS(=O)c2cccs2)c1. The third-order valence-corrected chi connectivity index (χ3v) is 5.64. The number of rotatable bonds is 6. The molecule has 0 spiro atoms. The zero-order valence-electron chi connectivity index (χ0n) is 11.4. The van der Waals surface area contributed by atoms with Crippen LogP contribution in [-0.2, 0) is 10.8 Å². The molecule has 20 heavy (non-hydrogen) atoms. The van der Waals surface area contributed by atoms with Crippen LogP contribution in [0, 0.1) is 0 Å². The van der Waals surface area contributed by atoms with Gasteiger partial charge in [0.05, 0.1) is 29.2 Å². The van der Waals surface area contributed by atoms with Crippen LogP contribution in [0.2, 0.25) is 0 Å². The zero-order valence-corrected chi connectivity index (χ0v) is 13.0. The van der Waals surface area contributed by atoms with E-state index in [2.05, 4.69) is 0 Å². The molecule has 1 aromatic carbocycles. The molecule has 0 radical (unpaired) electrons. The van der Waals surface area contributed by atoms with E-state index in [-0.39, 0.29) is 6.04 Å². The van der Waals surface area contributed by atoms with Gasteiger partial charge < -0.3 is 15.2 Å². The van der Waals surface area contributed by atoms with Crippen LogP contribution in [0.15, 0.2) is 39.9 Å². The quantitative estimate of drug-likeness (QED) is 0.890. The number of ether oxygens (including phenoxy) is 2. The van der Waals surface area contributed by atoms with Crippen molar-refractivity contribution in [2.75, 3.05) is 20.0 Å². The van der Waals surface area contributed by atoms with Gasteiger partial charge in [-0.2, -0.15) is 0 Å². The first kappa shape index (κ1) is 15.0. The van der Waals surface area contributed by atoms with Crippen molar-refractivity contribution in [1.82, 2.24) is 0 Å². The molecular formula is C14H17NO3S2. The van der Waals surface area contributed by atoms with E-state index >= 15 is 0 Å². The highest BCUT2D eigenvalue weighted by Gasteiger charge is 2.17. The molecule has 1 aromatic heterocycles. The molecule has 0 bridgehead atoms. The molecular weight excluding hydrogens is 294 g/mol. The third-order valence-electron chi connectivity index (χ3n) is 2.89. The number of hydrogen-bond donors (Lipinski definition) is 1. The van der Waals surface area contributed by atoms with Gasteiger partial charge in [0.2, 0.25) is 0 Å². The first-order chi connectivity index (χ1) is 9.65. The summed E-state index contributed by atoms with van der Waals surface area (Å²) in [6.07, 6.45) is 0. The van der Waals surface area contributed by atoms with Crippen molar-refractivity contribution in [3.63, 3.8) is 0 Å². The number of nitrogens with two attached hydrogens (primary N) is 1. The largest absolute Gasteiger partial charge is 0.497 e. The second-order valence-electron chi connectivity index (χ2n) is 4.16. The van der Waals surface area contributed by atoms with Crippen molar-refractivity contribution in [1.29, 1.82) is 0 Å². The Bertz CT molecular complexity index is 584. The van der Waals surface area contributed by atoms with E-state index in [9.17, 15) is 4.21 Å². The molecule has 1 heterocycles. The lowest BCUT2D eigenvalue weighted by Gasteiger charge is -2.16. The van der Waals surface area contributed by atoms with E-state index in [1.807, 2.05) is 35.7 Å². The summed E-state index contributed by atoms with van der Waals surface area (Å²) in [7, 11) is 2.09. The molecule has 2 unspecified atom stereocenters. The summed E-state index contributed by atoms with van der Waals surface area (Å²) in [6, 6.07) is 8.82. The normalized spacial score (nSPS) is 13.8. The van der Waals surface area contributed by atoms with Crippen molar-refractivity contribution >= 4 is 22.1 Å². The number of benzene rings is 1. The second-order valence-corrected chi connectivity index (χ2v) is 6.83. The minimum Gasteiger partial charge on any atom is -0.497 e. The molecule has 0 saturated carbocycles. The van der Waals surface area contributed by atoms with Gasteiger partial charge >= 0.3 is 0 Å². The van der Waals surface area contributed by atoms with Crippen LogP contribution >= 0.6 is 11.3 Å². The van der Waals surface area contributed by atoms with E-state index in [1.54, 1.807) is 14.2 Å². The summed E-state index contributed by atoms with van der Waals surface area (Å²) in [4.78, 5) is 0. The number of hydrogen-bond acceptors (Lipinski definition) is 5. The van der Waals surface area contributed by atoms with Crippen LogP contribution in [0.3, 0.4) is 0 Å². The Morgan fingerprint density at radius 3 is 2.70 bits per heavy atom. The first-order valence-corrected chi connectivity index (χ1v) is 8.25. The Morgan fingerprint density at radius 2 is 2.10 bits per heavy atom. The lowest BCUT2D eigenvalue weighted by atomic mass is 10.1. The van der Waals surface area contributed by atoms with Gasteiger partial charge in [-0.1, -0.05) is 6.07 Å². The summed E-state index contributed by atoms with van der Waals surface area (Å²) in [5.41, 5.74) is 6.98. The van der Waals surface area contributed by atoms with Gasteiger partial charge in [-0.25, -0.2) is 0 Å². The molecule has 0 amide bonds. The van der Waals surface area contributed by atoms with Gasteiger partial charge in [0.1, 0.15) is 11.5 Å². The second kappa shape index (κ2) is 6.88. The van der Waals surface area contributed by atoms with Crippen molar-refractivity contribution in [3.05, 3.63) is 41.3 Å². The smallest absolute Gasteiger partial charge is 0.123 e. The minimum atomic E-state index is -1.10. The molecule has 2 rings (SSSR count). The molecule has 0 aliphatic heterocycles. The molecule has 6 heteroatoms. The van der Waals surface area contributed by atoms with Gasteiger partial charge in [0.25, 0.3) is 0 Å². The Labute approximate surface area is 125 Å². The summed E-state index contributed by atoms with van der Waals surface area (Å²) < 4.78 is 23.6. The van der Waals surface area contributed by atoms with Gasteiger partial charge in [0.15, 0.2) is 0 Å². The van der Waals surface area contributed by atoms with Crippen molar-refractivity contribution in [3.8, 4) is 11.5 Å². The molecule has 2 atom stereocenters. The fourth-order valence-corrected chi connectivity index (χ4v) is 4.01. The molecule has 0 aliphatic carbocycles. The molecule has 2 N–H and O–H groups in total. The maximum Gasteiger partial charge on any atom is 0.123 e. The molecule has 0 saturated heterocycles. The topological polar surface area (TPSA) is 61.6 Å². The lowest BCUT2D eigenvalue weighted by molar-refractivity contribution is 0.396. The van der Waals surface area contributed by atoms with E-state index in [1.165, 1.54) is 11.3 Å². The predicted octanol–water partition coefficient (Wildman–Crippen LogP) is 2.57. The average Bonchev–Trinajstić information content (AvgIpc) is 3.00. The van der Waals surface area contributed by atoms with Crippen molar-refractivity contribution in [2.45, 2.75) is 10.3 Å². The lowest BCUT2D eigenvalue weighted by Crippen LogP contribution is -2.19. The Morgan fingerprint density at radius 1 is 1.30 bits per heavy atom. The average molecular weight is 311 g/mol. The first-order valence-electron chi connectivity index (χ1n) is 6.05. The molecule has 0 aliphatic rings. The van der Waals surface area contributed by atoms with Gasteiger partial charge in [0, 0.05) is 17.4 Å². The Kier molecular flexibility index (Phi) is 5.17. The number of thiophene rings is 1. The van der Waals surface area contributed by atoms with E-state index < -0.39 is 10.8 Å². The third kappa shape index (κ3) is 3.39. The highest BCUT2D eigenvalue weighted by atomic mass is 32.2. The maximum absolute atomic E-state index is 12.2. The van der Waals surface area contributed by atoms with Crippen LogP contribution in [0.5, 0.6) is 11.5 Å². The predicted molar refractivity (Wildman–Crippen MR) is 82.1 cm³/mol. The van der Waals surface area contributed by atoms with E-state index in [0.29, 0.717) is 17.3 Å². The van der Waals surface area contributed by atoms with Crippen LogP contribution in [-0.4, -0.2) is 24.2 Å². The monoisotopic (exact) mass is 311 g/mol. The summed E-state index contributed by atoms with van der Waals surface area (Å²) >= 11 is 1.47. The van der Waals surface area contributed by atoms with E-state index in [4.69, 9.17) is 15.2 Å². The summed E-state index contributed by atoms with van der Waals surface area (Å²) in [5.74, 6) is 1.74. The van der Waals surface area contributed by atoms with Crippen LogP contribution < -0.4 is 15.2 Å². The van der Waals surface area contributed by atoms with Crippen molar-refractivity contribution < 1.29 is 13.7 Å². The van der Waals surface area contributed by atoms with Crippen molar-refractivity contribution in [2.24, 2.45) is 5.73 Å². The van der Waals surface area contributed by atoms with Crippen LogP contribution in [0.1, 0.15) is 11.6 Å². The van der Waals surface area contributed by atoms with Crippen LogP contribution in [0.4, 0.5) is 0 Å². The molecule has 108 valence electrons. The summed E-state index contributed by atoms with van der Waals surface area (Å²) in [5, 5.41) is 1.91. The van der Waals surface area contributed by atoms with Gasteiger partial charge in [-0.3, -0.25) is 4.21 Å². The molecule has 2 aromatic rings. The number of methoxy groups -OCH3 is 2.